The number of nitrogens with zero attached hydrogens (tertiary/aromatic N) is 1. The van der Waals surface area contributed by atoms with Crippen LogP contribution in [0, 0.1) is 10.8 Å². The van der Waals surface area contributed by atoms with Crippen LogP contribution in [0.4, 0.5) is 0 Å². The van der Waals surface area contributed by atoms with Crippen LogP contribution in [0.1, 0.15) is 86.1 Å². The Balaban J connectivity index is 1.29. The summed E-state index contributed by atoms with van der Waals surface area (Å²) in [5.74, 6) is 0. The van der Waals surface area contributed by atoms with Crippen molar-refractivity contribution in [2.24, 2.45) is 0 Å². The van der Waals surface area contributed by atoms with Gasteiger partial charge in [0.1, 0.15) is 6.29 Å². The van der Waals surface area contributed by atoms with Gasteiger partial charge in [0, 0.05) is 54.7 Å². The van der Waals surface area contributed by atoms with Crippen molar-refractivity contribution in [3.05, 3.63) is 89.5 Å². The molecule has 202 valence electrons. The summed E-state index contributed by atoms with van der Waals surface area (Å²) >= 11 is 0. The van der Waals surface area contributed by atoms with Crippen molar-refractivity contribution in [3.63, 3.8) is 0 Å². The number of unbranched alkanes of at least 4 members (excludes halogenated alkanes) is 4. The van der Waals surface area contributed by atoms with Gasteiger partial charge in [0.25, 0.3) is 0 Å². The predicted molar refractivity (Wildman–Crippen MR) is 160 cm³/mol. The van der Waals surface area contributed by atoms with E-state index in [9.17, 15) is 4.79 Å². The molecular weight excluding hydrogens is 468 g/mol. The Morgan fingerprint density at radius 1 is 1.05 bits per heavy atom. The first-order chi connectivity index (χ1) is 18.4. The fourth-order valence-corrected chi connectivity index (χ4v) is 5.14. The fourth-order valence-electron chi connectivity index (χ4n) is 5.14. The largest absolute Gasteiger partial charge is 0.361 e. The second-order valence-electron chi connectivity index (χ2n) is 10.4. The summed E-state index contributed by atoms with van der Waals surface area (Å²) < 4.78 is 0. The SMILES string of the molecule is C=CC(CCC=O)N1Cc2cc(CCCCCCCNCc3ccc(C(=N)CC(C)=N)cc3)ccc2C1=C. The van der Waals surface area contributed by atoms with Crippen LogP contribution < -0.4 is 5.32 Å². The molecule has 3 rings (SSSR count). The number of carbonyl (C=O) groups is 1. The molecule has 5 nitrogen and oxygen atoms in total. The van der Waals surface area contributed by atoms with Crippen LogP contribution in [0.5, 0.6) is 0 Å². The minimum atomic E-state index is 0.154. The average molecular weight is 513 g/mol. The van der Waals surface area contributed by atoms with E-state index in [0.717, 1.165) is 50.0 Å². The zero-order valence-electron chi connectivity index (χ0n) is 23.0. The quantitative estimate of drug-likeness (QED) is 0.0863. The molecule has 0 saturated carbocycles. The molecule has 2 aromatic carbocycles. The molecule has 5 heteroatoms. The predicted octanol–water partition coefficient (Wildman–Crippen LogP) is 7.09. The van der Waals surface area contributed by atoms with Crippen LogP contribution in [0.25, 0.3) is 5.70 Å². The Morgan fingerprint density at radius 2 is 1.76 bits per heavy atom. The van der Waals surface area contributed by atoms with Gasteiger partial charge in [-0.25, -0.2) is 0 Å². The molecule has 1 aliphatic rings. The molecule has 38 heavy (non-hydrogen) atoms. The molecule has 0 bridgehead atoms. The van der Waals surface area contributed by atoms with Crippen LogP contribution in [-0.2, 0) is 24.3 Å². The normalized spacial score (nSPS) is 13.3. The number of benzene rings is 2. The highest BCUT2D eigenvalue weighted by Crippen LogP contribution is 2.35. The van der Waals surface area contributed by atoms with E-state index in [-0.39, 0.29) is 6.04 Å². The molecule has 0 aliphatic carbocycles. The lowest BCUT2D eigenvalue weighted by Gasteiger charge is -2.27. The summed E-state index contributed by atoms with van der Waals surface area (Å²) in [7, 11) is 0. The Morgan fingerprint density at radius 3 is 2.47 bits per heavy atom. The van der Waals surface area contributed by atoms with Crippen molar-refractivity contribution in [2.75, 3.05) is 6.54 Å². The van der Waals surface area contributed by atoms with E-state index in [0.29, 0.717) is 24.3 Å². The summed E-state index contributed by atoms with van der Waals surface area (Å²) in [4.78, 5) is 13.1. The minimum absolute atomic E-state index is 0.154. The highest BCUT2D eigenvalue weighted by molar-refractivity contribution is 6.09. The van der Waals surface area contributed by atoms with Crippen molar-refractivity contribution < 1.29 is 4.79 Å². The smallest absolute Gasteiger partial charge is 0.120 e. The van der Waals surface area contributed by atoms with Crippen LogP contribution >= 0.6 is 0 Å². The second-order valence-corrected chi connectivity index (χ2v) is 10.4. The van der Waals surface area contributed by atoms with Gasteiger partial charge in [0.15, 0.2) is 0 Å². The monoisotopic (exact) mass is 512 g/mol. The van der Waals surface area contributed by atoms with Gasteiger partial charge >= 0.3 is 0 Å². The third-order valence-corrected chi connectivity index (χ3v) is 7.31. The van der Waals surface area contributed by atoms with Gasteiger partial charge in [-0.1, -0.05) is 74.4 Å². The lowest BCUT2D eigenvalue weighted by molar-refractivity contribution is -0.108. The van der Waals surface area contributed by atoms with Gasteiger partial charge in [-0.2, -0.15) is 0 Å². The van der Waals surface area contributed by atoms with E-state index in [4.69, 9.17) is 10.8 Å². The molecule has 1 heterocycles. The van der Waals surface area contributed by atoms with Crippen molar-refractivity contribution in [1.82, 2.24) is 10.2 Å². The Kier molecular flexibility index (Phi) is 11.7. The van der Waals surface area contributed by atoms with Crippen molar-refractivity contribution in [3.8, 4) is 0 Å². The zero-order valence-corrected chi connectivity index (χ0v) is 23.0. The number of carbonyl (C=O) groups excluding carboxylic acids is 1. The van der Waals surface area contributed by atoms with E-state index in [1.165, 1.54) is 54.4 Å². The summed E-state index contributed by atoms with van der Waals surface area (Å²) in [6.07, 6.45) is 11.9. The molecule has 0 fully saturated rings. The summed E-state index contributed by atoms with van der Waals surface area (Å²) in [6, 6.07) is 15.1. The van der Waals surface area contributed by atoms with E-state index in [2.05, 4.69) is 53.7 Å². The Hall–Kier alpha value is -3.31. The summed E-state index contributed by atoms with van der Waals surface area (Å²) in [6.45, 7) is 12.7. The topological polar surface area (TPSA) is 80.0 Å². The highest BCUT2D eigenvalue weighted by atomic mass is 16.1. The third kappa shape index (κ3) is 8.63. The van der Waals surface area contributed by atoms with E-state index in [1.807, 2.05) is 18.2 Å². The standard InChI is InChI=1S/C33H44N4O/c1-4-31(12-10-20-38)37-24-30-22-27(15-18-32(30)26(37)3)11-8-6-5-7-9-19-36-23-28-13-16-29(17-14-28)33(35)21-25(2)34/h4,13-18,20,22,31,34-36H,1,3,5-12,19,21,23-24H2,2H3. The molecule has 1 aliphatic heterocycles. The summed E-state index contributed by atoms with van der Waals surface area (Å²) in [5.41, 5.74) is 8.18. The lowest BCUT2D eigenvalue weighted by Crippen LogP contribution is -2.27. The highest BCUT2D eigenvalue weighted by Gasteiger charge is 2.26. The second kappa shape index (κ2) is 15.2. The maximum atomic E-state index is 10.8. The lowest BCUT2D eigenvalue weighted by atomic mass is 10.0. The third-order valence-electron chi connectivity index (χ3n) is 7.31. The van der Waals surface area contributed by atoms with Crippen molar-refractivity contribution >= 4 is 23.4 Å². The zero-order chi connectivity index (χ0) is 27.3. The van der Waals surface area contributed by atoms with Crippen LogP contribution in [0.15, 0.2) is 61.7 Å². The number of nitrogens with one attached hydrogen (secondary N) is 3. The number of hydrogen-bond acceptors (Lipinski definition) is 5. The van der Waals surface area contributed by atoms with Gasteiger partial charge in [-0.3, -0.25) is 0 Å². The summed E-state index contributed by atoms with van der Waals surface area (Å²) in [5, 5.41) is 19.1. The van der Waals surface area contributed by atoms with Crippen molar-refractivity contribution in [2.45, 2.75) is 83.8 Å². The first-order valence-electron chi connectivity index (χ1n) is 14.0. The molecule has 0 spiro atoms. The van der Waals surface area contributed by atoms with E-state index in [1.54, 1.807) is 6.92 Å². The van der Waals surface area contributed by atoms with Crippen LogP contribution in [-0.4, -0.2) is 35.2 Å². The maximum Gasteiger partial charge on any atom is 0.120 e. The molecule has 1 atom stereocenters. The average Bonchev–Trinajstić information content (AvgIpc) is 3.23. The first-order valence-corrected chi connectivity index (χ1v) is 14.0. The maximum absolute atomic E-state index is 10.8. The number of fused-ring (bicyclic) bond motifs is 1. The van der Waals surface area contributed by atoms with Gasteiger partial charge in [0.2, 0.25) is 0 Å². The van der Waals surface area contributed by atoms with Crippen molar-refractivity contribution in [1.29, 1.82) is 10.8 Å². The molecule has 0 saturated heterocycles. The van der Waals surface area contributed by atoms with Gasteiger partial charge < -0.3 is 25.8 Å². The Labute approximate surface area is 229 Å². The molecule has 0 radical (unpaired) electrons. The Bertz CT molecular complexity index is 1120. The van der Waals surface area contributed by atoms with E-state index < -0.39 is 0 Å². The first kappa shape index (κ1) is 29.2. The van der Waals surface area contributed by atoms with E-state index >= 15 is 0 Å². The molecule has 3 N–H and O–H groups in total. The number of aldehydes is 1. The van der Waals surface area contributed by atoms with Gasteiger partial charge in [0.05, 0.1) is 0 Å². The number of hydrogen-bond donors (Lipinski definition) is 3. The van der Waals surface area contributed by atoms with Gasteiger partial charge in [-0.05, 0) is 61.4 Å². The van der Waals surface area contributed by atoms with Gasteiger partial charge in [-0.15, -0.1) is 6.58 Å². The van der Waals surface area contributed by atoms with Crippen LogP contribution in [0.2, 0.25) is 0 Å². The molecular formula is C33H44N4O. The van der Waals surface area contributed by atoms with Crippen LogP contribution in [0.3, 0.4) is 0 Å². The molecule has 1 unspecified atom stereocenters. The minimum Gasteiger partial charge on any atom is -0.361 e. The molecule has 0 amide bonds. The molecule has 0 aromatic heterocycles. The fraction of sp³-hybridized carbons (Fsp3) is 0.424. The molecule has 2 aromatic rings. The number of aryl methyl sites for hydroxylation is 1. The number of rotatable bonds is 18.